The van der Waals surface area contributed by atoms with Gasteiger partial charge in [-0.1, -0.05) is 80.1 Å². The van der Waals surface area contributed by atoms with E-state index in [-0.39, 0.29) is 0 Å². The molecule has 0 bridgehead atoms. The zero-order chi connectivity index (χ0) is 17.0. The summed E-state index contributed by atoms with van der Waals surface area (Å²) < 4.78 is 0. The molecule has 0 aliphatic carbocycles. The summed E-state index contributed by atoms with van der Waals surface area (Å²) in [4.78, 5) is 0. The summed E-state index contributed by atoms with van der Waals surface area (Å²) >= 11 is 0. The quantitative estimate of drug-likeness (QED) is 0.541. The lowest BCUT2D eigenvalue weighted by Crippen LogP contribution is -1.97. The highest BCUT2D eigenvalue weighted by Crippen LogP contribution is 2.27. The van der Waals surface area contributed by atoms with Gasteiger partial charge in [-0.05, 0) is 60.9 Å². The van der Waals surface area contributed by atoms with Crippen molar-refractivity contribution in [2.75, 3.05) is 0 Å². The number of aryl methyl sites for hydroxylation is 1. The van der Waals surface area contributed by atoms with Crippen LogP contribution in [0.15, 0.2) is 66.3 Å². The van der Waals surface area contributed by atoms with Gasteiger partial charge in [-0.3, -0.25) is 0 Å². The molecule has 0 fully saturated rings. The van der Waals surface area contributed by atoms with Crippen LogP contribution in [0.2, 0.25) is 0 Å². The standard InChI is InChI=1S/C23H28/c1-16(2)18(4)12-17(3)13-22-15-23(14-19(5)20(22)6)21-10-8-7-9-11-21/h7-12,14-16H,4,13H2,1-3,5-6H3/b17-12+. The van der Waals surface area contributed by atoms with E-state index in [1.165, 1.54) is 39.0 Å². The van der Waals surface area contributed by atoms with Crippen molar-refractivity contribution in [1.82, 2.24) is 0 Å². The van der Waals surface area contributed by atoms with Gasteiger partial charge < -0.3 is 0 Å². The predicted molar refractivity (Wildman–Crippen MR) is 103 cm³/mol. The molecule has 0 aliphatic rings. The molecule has 0 radical (unpaired) electrons. The van der Waals surface area contributed by atoms with Crippen LogP contribution in [-0.2, 0) is 6.42 Å². The van der Waals surface area contributed by atoms with Gasteiger partial charge in [0, 0.05) is 0 Å². The minimum Gasteiger partial charge on any atom is -0.0956 e. The van der Waals surface area contributed by atoms with Gasteiger partial charge in [0.25, 0.3) is 0 Å². The summed E-state index contributed by atoms with van der Waals surface area (Å²) in [7, 11) is 0. The maximum atomic E-state index is 4.16. The first kappa shape index (κ1) is 17.3. The van der Waals surface area contributed by atoms with Gasteiger partial charge in [0.15, 0.2) is 0 Å². The summed E-state index contributed by atoms with van der Waals surface area (Å²) in [6, 6.07) is 15.3. The van der Waals surface area contributed by atoms with Crippen LogP contribution < -0.4 is 0 Å². The molecule has 0 N–H and O–H groups in total. The van der Waals surface area contributed by atoms with Crippen molar-refractivity contribution in [2.24, 2.45) is 5.92 Å². The molecular formula is C23H28. The first-order valence-corrected chi connectivity index (χ1v) is 8.40. The van der Waals surface area contributed by atoms with Crippen LogP contribution in [0.5, 0.6) is 0 Å². The Morgan fingerprint density at radius 3 is 2.30 bits per heavy atom. The smallest absolute Gasteiger partial charge is 0.00637 e. The highest BCUT2D eigenvalue weighted by atomic mass is 14.1. The van der Waals surface area contributed by atoms with Crippen LogP contribution in [-0.4, -0.2) is 0 Å². The average Bonchev–Trinajstić information content (AvgIpc) is 2.52. The number of hydrogen-bond donors (Lipinski definition) is 0. The third-order valence-corrected chi connectivity index (χ3v) is 4.52. The maximum absolute atomic E-state index is 4.16. The van der Waals surface area contributed by atoms with E-state index in [0.717, 1.165) is 6.42 Å². The van der Waals surface area contributed by atoms with Crippen LogP contribution in [0.25, 0.3) is 11.1 Å². The number of hydrogen-bond acceptors (Lipinski definition) is 0. The Kier molecular flexibility index (Phi) is 5.60. The van der Waals surface area contributed by atoms with E-state index in [9.17, 15) is 0 Å². The molecule has 0 unspecified atom stereocenters. The van der Waals surface area contributed by atoms with Gasteiger partial charge in [-0.2, -0.15) is 0 Å². The zero-order valence-corrected chi connectivity index (χ0v) is 15.1. The van der Waals surface area contributed by atoms with Gasteiger partial charge in [-0.15, -0.1) is 0 Å². The lowest BCUT2D eigenvalue weighted by molar-refractivity contribution is 0.792. The molecular weight excluding hydrogens is 276 g/mol. The minimum absolute atomic E-state index is 0.503. The average molecular weight is 304 g/mol. The molecule has 0 aromatic heterocycles. The molecule has 0 heteroatoms. The van der Waals surface area contributed by atoms with E-state index in [1.807, 2.05) is 0 Å². The van der Waals surface area contributed by atoms with Gasteiger partial charge in [0.2, 0.25) is 0 Å². The largest absolute Gasteiger partial charge is 0.0956 e. The van der Waals surface area contributed by atoms with Gasteiger partial charge in [-0.25, -0.2) is 0 Å². The van der Waals surface area contributed by atoms with Crippen molar-refractivity contribution in [3.05, 3.63) is 83.0 Å². The van der Waals surface area contributed by atoms with Gasteiger partial charge in [0.05, 0.1) is 0 Å². The van der Waals surface area contributed by atoms with Gasteiger partial charge in [0.1, 0.15) is 0 Å². The van der Waals surface area contributed by atoms with E-state index < -0.39 is 0 Å². The molecule has 0 aliphatic heterocycles. The molecule has 0 saturated carbocycles. The van der Waals surface area contributed by atoms with Crippen LogP contribution in [0.4, 0.5) is 0 Å². The Bertz CT molecular complexity index is 715. The molecule has 0 atom stereocenters. The summed E-state index contributed by atoms with van der Waals surface area (Å²) in [6.07, 6.45) is 3.23. The Morgan fingerprint density at radius 2 is 1.70 bits per heavy atom. The number of allylic oxidation sites excluding steroid dienone is 3. The van der Waals surface area contributed by atoms with E-state index in [4.69, 9.17) is 0 Å². The molecule has 2 aromatic carbocycles. The van der Waals surface area contributed by atoms with Crippen LogP contribution >= 0.6 is 0 Å². The fourth-order valence-electron chi connectivity index (χ4n) is 2.75. The zero-order valence-electron chi connectivity index (χ0n) is 15.1. The highest BCUT2D eigenvalue weighted by Gasteiger charge is 2.07. The molecule has 0 saturated heterocycles. The summed E-state index contributed by atoms with van der Waals surface area (Å²) in [5.74, 6) is 0.503. The van der Waals surface area contributed by atoms with E-state index in [0.29, 0.717) is 5.92 Å². The van der Waals surface area contributed by atoms with E-state index in [1.54, 1.807) is 0 Å². The third kappa shape index (κ3) is 4.45. The number of rotatable bonds is 5. The normalized spacial score (nSPS) is 11.8. The van der Waals surface area contributed by atoms with E-state index >= 15 is 0 Å². The predicted octanol–water partition coefficient (Wildman–Crippen LogP) is 6.67. The van der Waals surface area contributed by atoms with Crippen LogP contribution in [0.3, 0.4) is 0 Å². The second-order valence-corrected chi connectivity index (χ2v) is 6.84. The Morgan fingerprint density at radius 1 is 1.04 bits per heavy atom. The second-order valence-electron chi connectivity index (χ2n) is 6.84. The van der Waals surface area contributed by atoms with Gasteiger partial charge >= 0.3 is 0 Å². The minimum atomic E-state index is 0.503. The molecule has 2 aromatic rings. The second kappa shape index (κ2) is 7.46. The molecule has 2 rings (SSSR count). The molecule has 0 heterocycles. The van der Waals surface area contributed by atoms with Crippen LogP contribution in [0.1, 0.15) is 37.5 Å². The topological polar surface area (TPSA) is 0 Å². The molecule has 120 valence electrons. The van der Waals surface area contributed by atoms with Crippen molar-refractivity contribution < 1.29 is 0 Å². The molecule has 23 heavy (non-hydrogen) atoms. The molecule has 0 nitrogen and oxygen atoms in total. The summed E-state index contributed by atoms with van der Waals surface area (Å²) in [6.45, 7) is 15.2. The third-order valence-electron chi connectivity index (χ3n) is 4.52. The van der Waals surface area contributed by atoms with Crippen LogP contribution in [0, 0.1) is 19.8 Å². The van der Waals surface area contributed by atoms with Crippen molar-refractivity contribution in [3.8, 4) is 11.1 Å². The van der Waals surface area contributed by atoms with Crippen molar-refractivity contribution in [3.63, 3.8) is 0 Å². The summed E-state index contributed by atoms with van der Waals surface area (Å²) in [5.41, 5.74) is 9.33. The summed E-state index contributed by atoms with van der Waals surface area (Å²) in [5, 5.41) is 0. The first-order valence-electron chi connectivity index (χ1n) is 8.40. The maximum Gasteiger partial charge on any atom is -0.00637 e. The molecule has 0 spiro atoms. The highest BCUT2D eigenvalue weighted by molar-refractivity contribution is 5.66. The monoisotopic (exact) mass is 304 g/mol. The fraction of sp³-hybridized carbons (Fsp3) is 0.304. The number of benzene rings is 2. The van der Waals surface area contributed by atoms with Crippen molar-refractivity contribution in [1.29, 1.82) is 0 Å². The first-order chi connectivity index (χ1) is 10.9. The fourth-order valence-corrected chi connectivity index (χ4v) is 2.75. The van der Waals surface area contributed by atoms with E-state index in [2.05, 4.69) is 89.7 Å². The lowest BCUT2D eigenvalue weighted by atomic mass is 9.91. The Hall–Kier alpha value is -2.08. The molecule has 0 amide bonds. The van der Waals surface area contributed by atoms with Crippen molar-refractivity contribution in [2.45, 2.75) is 41.0 Å². The Balaban J connectivity index is 2.35. The van der Waals surface area contributed by atoms with Crippen molar-refractivity contribution >= 4 is 0 Å². The Labute approximate surface area is 141 Å². The lowest BCUT2D eigenvalue weighted by Gasteiger charge is -2.14. The SMILES string of the molecule is C=C(/C=C(\C)Cc1cc(-c2ccccc2)cc(C)c1C)C(C)C.